The van der Waals surface area contributed by atoms with Crippen molar-refractivity contribution in [1.82, 2.24) is 19.4 Å². The van der Waals surface area contributed by atoms with Crippen LogP contribution in [-0.4, -0.2) is 51.6 Å². The Morgan fingerprint density at radius 1 is 1.23 bits per heavy atom. The summed E-state index contributed by atoms with van der Waals surface area (Å²) in [4.78, 5) is 23.2. The Balaban J connectivity index is 1.80. The van der Waals surface area contributed by atoms with Crippen molar-refractivity contribution in [3.8, 4) is 0 Å². The Morgan fingerprint density at radius 3 is 2.73 bits per heavy atom. The van der Waals surface area contributed by atoms with Gasteiger partial charge in [-0.05, 0) is 50.6 Å². The van der Waals surface area contributed by atoms with Crippen LogP contribution >= 0.6 is 15.9 Å². The van der Waals surface area contributed by atoms with Gasteiger partial charge in [-0.15, -0.1) is 0 Å². The molecule has 0 radical (unpaired) electrons. The molecule has 6 heteroatoms. The number of benzene rings is 1. The van der Waals surface area contributed by atoms with Crippen LogP contribution in [0.15, 0.2) is 27.5 Å². The zero-order valence-electron chi connectivity index (χ0n) is 15.6. The van der Waals surface area contributed by atoms with Gasteiger partial charge >= 0.3 is 0 Å². The number of hydrogen-bond donors (Lipinski definition) is 0. The number of halogens is 1. The Kier molecular flexibility index (Phi) is 5.17. The minimum atomic E-state index is 0.0512. The van der Waals surface area contributed by atoms with Crippen molar-refractivity contribution < 1.29 is 0 Å². The molecule has 1 aromatic heterocycles. The van der Waals surface area contributed by atoms with E-state index in [9.17, 15) is 4.79 Å². The highest BCUT2D eigenvalue weighted by Gasteiger charge is 2.35. The van der Waals surface area contributed by atoms with Gasteiger partial charge in [-0.1, -0.05) is 29.3 Å². The molecule has 3 aliphatic heterocycles. The average molecular weight is 419 g/mol. The van der Waals surface area contributed by atoms with Gasteiger partial charge < -0.3 is 4.90 Å². The number of rotatable bonds is 4. The molecule has 0 amide bonds. The highest BCUT2D eigenvalue weighted by atomic mass is 79.9. The maximum atomic E-state index is 13.0. The third kappa shape index (κ3) is 3.23. The van der Waals surface area contributed by atoms with Gasteiger partial charge in [-0.2, -0.15) is 0 Å². The lowest BCUT2D eigenvalue weighted by Crippen LogP contribution is -2.42. The summed E-state index contributed by atoms with van der Waals surface area (Å²) < 4.78 is 2.70. The van der Waals surface area contributed by atoms with E-state index >= 15 is 0 Å². The monoisotopic (exact) mass is 418 g/mol. The molecule has 2 aromatic rings. The molecule has 0 saturated carbocycles. The van der Waals surface area contributed by atoms with Gasteiger partial charge in [0.2, 0.25) is 0 Å². The van der Waals surface area contributed by atoms with E-state index in [2.05, 4.69) is 32.7 Å². The number of hydrogen-bond acceptors (Lipinski definition) is 4. The van der Waals surface area contributed by atoms with E-state index in [0.717, 1.165) is 41.7 Å². The zero-order chi connectivity index (χ0) is 18.3. The summed E-state index contributed by atoms with van der Waals surface area (Å²) in [7, 11) is 1.88. The Morgan fingerprint density at radius 2 is 2.00 bits per heavy atom. The van der Waals surface area contributed by atoms with Crippen LogP contribution in [-0.2, 0) is 7.05 Å². The van der Waals surface area contributed by atoms with Crippen molar-refractivity contribution in [2.45, 2.75) is 44.7 Å². The molecule has 3 fully saturated rings. The highest BCUT2D eigenvalue weighted by Crippen LogP contribution is 2.32. The van der Waals surface area contributed by atoms with Crippen molar-refractivity contribution in [2.24, 2.45) is 7.05 Å². The standard InChI is InChI=1S/C20H27BrN4O/c1-3-4-18(25-12-11-24-9-7-15(25)8-10-24)19-22-17-6-5-14(21)13-16(17)20(26)23(19)2/h5-6,13,15,18H,3-4,7-12H2,1-2H3. The summed E-state index contributed by atoms with van der Waals surface area (Å²) in [6, 6.07) is 6.63. The van der Waals surface area contributed by atoms with E-state index < -0.39 is 0 Å². The molecule has 4 heterocycles. The van der Waals surface area contributed by atoms with E-state index in [1.165, 1.54) is 25.9 Å². The normalized spacial score (nSPS) is 24.7. The lowest BCUT2D eigenvalue weighted by atomic mass is 10.0. The number of piperidine rings is 1. The molecule has 5 rings (SSSR count). The average Bonchev–Trinajstić information content (AvgIpc) is 2.97. The topological polar surface area (TPSA) is 41.4 Å². The van der Waals surface area contributed by atoms with Crippen LogP contribution in [0.25, 0.3) is 10.9 Å². The fraction of sp³-hybridized carbons (Fsp3) is 0.600. The van der Waals surface area contributed by atoms with Crippen LogP contribution in [0, 0.1) is 0 Å². The molecule has 3 saturated heterocycles. The SMILES string of the molecule is CCCC(c1nc2ccc(Br)cc2c(=O)n1C)N1CCN2CCC1CC2. The zero-order valence-corrected chi connectivity index (χ0v) is 17.2. The van der Waals surface area contributed by atoms with Gasteiger partial charge in [0.25, 0.3) is 5.56 Å². The van der Waals surface area contributed by atoms with Crippen molar-refractivity contribution in [3.63, 3.8) is 0 Å². The van der Waals surface area contributed by atoms with Gasteiger partial charge in [-0.25, -0.2) is 4.98 Å². The van der Waals surface area contributed by atoms with Crippen molar-refractivity contribution in [3.05, 3.63) is 38.9 Å². The largest absolute Gasteiger partial charge is 0.302 e. The Bertz CT molecular complexity index is 857. The van der Waals surface area contributed by atoms with Crippen LogP contribution in [0.3, 0.4) is 0 Å². The lowest BCUT2D eigenvalue weighted by Gasteiger charge is -2.37. The lowest BCUT2D eigenvalue weighted by molar-refractivity contribution is 0.117. The van der Waals surface area contributed by atoms with Gasteiger partial charge in [0, 0.05) is 30.7 Å². The number of aromatic nitrogens is 2. The van der Waals surface area contributed by atoms with Gasteiger partial charge in [0.05, 0.1) is 16.9 Å². The Hall–Kier alpha value is -1.24. The van der Waals surface area contributed by atoms with Crippen LogP contribution in [0.2, 0.25) is 0 Å². The second-order valence-corrected chi connectivity index (χ2v) is 8.53. The third-order valence-electron chi connectivity index (χ3n) is 6.03. The van der Waals surface area contributed by atoms with Gasteiger partial charge in [0.1, 0.15) is 5.82 Å². The van der Waals surface area contributed by atoms with Crippen molar-refractivity contribution in [1.29, 1.82) is 0 Å². The molecule has 0 aliphatic carbocycles. The summed E-state index contributed by atoms with van der Waals surface area (Å²) in [5.41, 5.74) is 0.852. The maximum Gasteiger partial charge on any atom is 0.261 e. The predicted octanol–water partition coefficient (Wildman–Crippen LogP) is 3.32. The molecule has 0 spiro atoms. The molecular weight excluding hydrogens is 392 g/mol. The van der Waals surface area contributed by atoms with E-state index in [0.29, 0.717) is 11.4 Å². The van der Waals surface area contributed by atoms with E-state index in [-0.39, 0.29) is 11.6 Å². The fourth-order valence-electron chi connectivity index (χ4n) is 4.60. The molecular formula is C20H27BrN4O. The molecule has 5 nitrogen and oxygen atoms in total. The smallest absolute Gasteiger partial charge is 0.261 e. The first-order valence-electron chi connectivity index (χ1n) is 9.72. The minimum absolute atomic E-state index is 0.0512. The third-order valence-corrected chi connectivity index (χ3v) is 6.53. The molecule has 0 N–H and O–H groups in total. The van der Waals surface area contributed by atoms with E-state index in [1.54, 1.807) is 4.57 Å². The van der Waals surface area contributed by atoms with Crippen LogP contribution in [0.1, 0.15) is 44.5 Å². The molecule has 1 atom stereocenters. The van der Waals surface area contributed by atoms with Crippen LogP contribution in [0.5, 0.6) is 0 Å². The minimum Gasteiger partial charge on any atom is -0.302 e. The van der Waals surface area contributed by atoms with Crippen LogP contribution < -0.4 is 5.56 Å². The van der Waals surface area contributed by atoms with E-state index in [4.69, 9.17) is 4.98 Å². The van der Waals surface area contributed by atoms with Crippen molar-refractivity contribution in [2.75, 3.05) is 26.2 Å². The molecule has 3 aliphatic rings. The summed E-state index contributed by atoms with van der Waals surface area (Å²) in [5, 5.41) is 0.684. The predicted molar refractivity (Wildman–Crippen MR) is 109 cm³/mol. The summed E-state index contributed by atoms with van der Waals surface area (Å²) >= 11 is 3.47. The molecule has 1 unspecified atom stereocenters. The summed E-state index contributed by atoms with van der Waals surface area (Å²) in [6.07, 6.45) is 4.59. The number of fused-ring (bicyclic) bond motifs is 5. The molecule has 1 aromatic carbocycles. The first-order valence-corrected chi connectivity index (χ1v) is 10.5. The summed E-state index contributed by atoms with van der Waals surface area (Å²) in [6.45, 7) is 6.84. The van der Waals surface area contributed by atoms with Crippen LogP contribution in [0.4, 0.5) is 0 Å². The first-order chi connectivity index (χ1) is 12.6. The summed E-state index contributed by atoms with van der Waals surface area (Å²) in [5.74, 6) is 0.923. The van der Waals surface area contributed by atoms with Gasteiger partial charge in [-0.3, -0.25) is 14.3 Å². The second-order valence-electron chi connectivity index (χ2n) is 7.61. The molecule has 2 bridgehead atoms. The van der Waals surface area contributed by atoms with Crippen molar-refractivity contribution >= 4 is 26.8 Å². The number of nitrogens with zero attached hydrogens (tertiary/aromatic N) is 4. The second kappa shape index (κ2) is 7.41. The quantitative estimate of drug-likeness (QED) is 0.763. The molecule has 140 valence electrons. The highest BCUT2D eigenvalue weighted by molar-refractivity contribution is 9.10. The fourth-order valence-corrected chi connectivity index (χ4v) is 4.96. The van der Waals surface area contributed by atoms with Gasteiger partial charge in [0.15, 0.2) is 0 Å². The maximum absolute atomic E-state index is 13.0. The van der Waals surface area contributed by atoms with E-state index in [1.807, 2.05) is 25.2 Å². The Labute approximate surface area is 163 Å². The first kappa shape index (κ1) is 18.1. The molecule has 26 heavy (non-hydrogen) atoms.